The van der Waals surface area contributed by atoms with Crippen LogP contribution in [-0.2, 0) is 4.79 Å². The van der Waals surface area contributed by atoms with E-state index in [1.54, 1.807) is 11.0 Å². The van der Waals surface area contributed by atoms with E-state index in [4.69, 9.17) is 17.0 Å². The van der Waals surface area contributed by atoms with Gasteiger partial charge in [0.25, 0.3) is 5.91 Å². The second-order valence-electron chi connectivity index (χ2n) is 8.24. The summed E-state index contributed by atoms with van der Waals surface area (Å²) in [6.07, 6.45) is 3.66. The van der Waals surface area contributed by atoms with E-state index >= 15 is 0 Å². The Labute approximate surface area is 205 Å². The van der Waals surface area contributed by atoms with Crippen molar-refractivity contribution in [1.29, 1.82) is 0 Å². The lowest BCUT2D eigenvalue weighted by Crippen LogP contribution is -2.32. The Morgan fingerprint density at radius 1 is 0.853 bits per heavy atom. The lowest BCUT2D eigenvalue weighted by Gasteiger charge is -2.20. The lowest BCUT2D eigenvalue weighted by molar-refractivity contribution is -0.113. The number of allylic oxidation sites excluding steroid dienone is 2. The number of benzene rings is 3. The first kappa shape index (κ1) is 21.9. The molecule has 34 heavy (non-hydrogen) atoms. The van der Waals surface area contributed by atoms with E-state index in [1.165, 1.54) is 11.1 Å². The highest BCUT2D eigenvalue weighted by molar-refractivity contribution is 7.81. The highest BCUT2D eigenvalue weighted by atomic mass is 32.1. The Kier molecular flexibility index (Phi) is 5.67. The summed E-state index contributed by atoms with van der Waals surface area (Å²) in [6, 6.07) is 23.4. The average molecular weight is 468 g/mol. The van der Waals surface area contributed by atoms with E-state index in [0.717, 1.165) is 29.4 Å². The molecule has 3 aromatic rings. The van der Waals surface area contributed by atoms with Gasteiger partial charge in [-0.2, -0.15) is 0 Å². The van der Waals surface area contributed by atoms with E-state index in [2.05, 4.69) is 37.8 Å². The van der Waals surface area contributed by atoms with E-state index in [1.807, 2.05) is 71.6 Å². The minimum atomic E-state index is -0.179. The van der Waals surface area contributed by atoms with Crippen molar-refractivity contribution < 1.29 is 9.53 Å². The van der Waals surface area contributed by atoms with Gasteiger partial charge in [-0.15, -0.1) is 0 Å². The third-order valence-corrected chi connectivity index (χ3v) is 6.49. The second-order valence-corrected chi connectivity index (χ2v) is 8.60. The van der Waals surface area contributed by atoms with Gasteiger partial charge in [0.1, 0.15) is 5.70 Å². The number of aryl methyl sites for hydroxylation is 2. The van der Waals surface area contributed by atoms with Gasteiger partial charge in [-0.1, -0.05) is 36.4 Å². The topological polar surface area (TPSA) is 36.0 Å². The van der Waals surface area contributed by atoms with Crippen LogP contribution in [0.25, 0.3) is 0 Å². The highest BCUT2D eigenvalue weighted by Gasteiger charge is 2.39. The van der Waals surface area contributed by atoms with Crippen LogP contribution in [0.15, 0.2) is 96.5 Å². The summed E-state index contributed by atoms with van der Waals surface area (Å²) in [7, 11) is 0. The number of anilines is 3. The van der Waals surface area contributed by atoms with Gasteiger partial charge < -0.3 is 9.64 Å². The molecular weight excluding hydrogens is 442 g/mol. The van der Waals surface area contributed by atoms with Gasteiger partial charge >= 0.3 is 0 Å². The zero-order valence-corrected chi connectivity index (χ0v) is 20.2. The Morgan fingerprint density at radius 3 is 2.06 bits per heavy atom. The molecule has 1 fully saturated rings. The molecule has 0 aliphatic carbocycles. The minimum Gasteiger partial charge on any atom is -0.439 e. The molecule has 0 radical (unpaired) electrons. The van der Waals surface area contributed by atoms with Crippen LogP contribution in [0.1, 0.15) is 18.1 Å². The largest absolute Gasteiger partial charge is 0.439 e. The minimum absolute atomic E-state index is 0.179. The first-order valence-corrected chi connectivity index (χ1v) is 11.7. The number of carbonyl (C=O) groups excluding carboxylic acids is 1. The monoisotopic (exact) mass is 467 g/mol. The van der Waals surface area contributed by atoms with E-state index in [9.17, 15) is 4.79 Å². The maximum absolute atomic E-state index is 13.6. The van der Waals surface area contributed by atoms with Gasteiger partial charge in [-0.3, -0.25) is 14.6 Å². The molecule has 5 rings (SSSR count). The van der Waals surface area contributed by atoms with Crippen molar-refractivity contribution in [2.45, 2.75) is 20.8 Å². The molecule has 2 aliphatic heterocycles. The highest BCUT2D eigenvalue weighted by Crippen LogP contribution is 2.41. The van der Waals surface area contributed by atoms with Crippen LogP contribution >= 0.6 is 12.2 Å². The third kappa shape index (κ3) is 3.66. The molecule has 1 saturated heterocycles. The standard InChI is InChI=1S/C28H25N3O2S/c1-4-29-24-17-19(2)20(3)18-25(24)33-26(29)16-15-23-27(32)31(22-13-9-6-10-14-22)28(34)30(23)21-11-7-5-8-12-21/h5-18H,4H2,1-3H3/b23-15+,26-16-. The van der Waals surface area contributed by atoms with Crippen LogP contribution < -0.4 is 19.4 Å². The maximum atomic E-state index is 13.6. The summed E-state index contributed by atoms with van der Waals surface area (Å²) >= 11 is 5.79. The third-order valence-electron chi connectivity index (χ3n) is 6.12. The quantitative estimate of drug-likeness (QED) is 0.343. The fourth-order valence-corrected chi connectivity index (χ4v) is 4.62. The number of thiocarbonyl (C=S) groups is 1. The van der Waals surface area contributed by atoms with Crippen molar-refractivity contribution in [3.63, 3.8) is 0 Å². The van der Waals surface area contributed by atoms with Crippen molar-refractivity contribution >= 4 is 40.3 Å². The fraction of sp³-hybridized carbons (Fsp3) is 0.143. The number of ether oxygens (including phenoxy) is 1. The smallest absolute Gasteiger partial charge is 0.281 e. The number of hydrogen-bond acceptors (Lipinski definition) is 4. The molecule has 2 aliphatic rings. The molecule has 0 aromatic heterocycles. The second kappa shape index (κ2) is 8.80. The number of carbonyl (C=O) groups is 1. The lowest BCUT2D eigenvalue weighted by atomic mass is 10.1. The molecule has 6 heteroatoms. The normalized spacial score (nSPS) is 17.7. The van der Waals surface area contributed by atoms with Gasteiger partial charge in [0.2, 0.25) is 5.88 Å². The molecule has 0 unspecified atom stereocenters. The molecule has 170 valence electrons. The summed E-state index contributed by atoms with van der Waals surface area (Å²) in [5.41, 5.74) is 5.47. The van der Waals surface area contributed by atoms with Crippen LogP contribution in [0.5, 0.6) is 5.75 Å². The molecule has 0 bridgehead atoms. The Bertz CT molecular complexity index is 1330. The number of hydrogen-bond donors (Lipinski definition) is 0. The van der Waals surface area contributed by atoms with Crippen molar-refractivity contribution in [2.75, 3.05) is 21.2 Å². The number of nitrogens with zero attached hydrogens (tertiary/aromatic N) is 3. The molecule has 0 spiro atoms. The predicted octanol–water partition coefficient (Wildman–Crippen LogP) is 6.09. The molecule has 0 atom stereocenters. The van der Waals surface area contributed by atoms with Crippen molar-refractivity contribution in [1.82, 2.24) is 0 Å². The molecule has 0 saturated carbocycles. The summed E-state index contributed by atoms with van der Waals surface area (Å²) in [5, 5.41) is 0.418. The van der Waals surface area contributed by atoms with Crippen LogP contribution in [0, 0.1) is 13.8 Å². The number of rotatable bonds is 4. The van der Waals surface area contributed by atoms with Gasteiger partial charge in [0.05, 0.1) is 11.4 Å². The van der Waals surface area contributed by atoms with Crippen LogP contribution in [0.3, 0.4) is 0 Å². The number of amides is 1. The summed E-state index contributed by atoms with van der Waals surface area (Å²) in [4.78, 5) is 19.1. The number of fused-ring (bicyclic) bond motifs is 1. The van der Waals surface area contributed by atoms with Crippen LogP contribution in [0.4, 0.5) is 17.1 Å². The molecular formula is C28H25N3O2S. The van der Waals surface area contributed by atoms with E-state index < -0.39 is 0 Å². The van der Waals surface area contributed by atoms with Crippen molar-refractivity contribution in [2.24, 2.45) is 0 Å². The Hall–Kier alpha value is -3.90. The Balaban J connectivity index is 1.57. The SMILES string of the molecule is CCN1/C(=C/C=C2\C(=O)N(c3ccccc3)C(=S)N2c2ccccc2)Oc2cc(C)c(C)cc21. The first-order chi connectivity index (χ1) is 16.5. The molecule has 5 nitrogen and oxygen atoms in total. The average Bonchev–Trinajstić information content (AvgIpc) is 3.31. The first-order valence-electron chi connectivity index (χ1n) is 11.3. The molecule has 2 heterocycles. The Morgan fingerprint density at radius 2 is 1.44 bits per heavy atom. The van der Waals surface area contributed by atoms with Crippen LogP contribution in [0.2, 0.25) is 0 Å². The fourth-order valence-electron chi connectivity index (χ4n) is 4.23. The maximum Gasteiger partial charge on any atom is 0.281 e. The van der Waals surface area contributed by atoms with Gasteiger partial charge in [0.15, 0.2) is 10.9 Å². The van der Waals surface area contributed by atoms with Crippen LogP contribution in [-0.4, -0.2) is 17.6 Å². The summed E-state index contributed by atoms with van der Waals surface area (Å²) in [6.45, 7) is 7.00. The number of para-hydroxylation sites is 2. The van der Waals surface area contributed by atoms with Gasteiger partial charge in [-0.05, 0) is 86.6 Å². The van der Waals surface area contributed by atoms with E-state index in [-0.39, 0.29) is 5.91 Å². The van der Waals surface area contributed by atoms with Crippen molar-refractivity contribution in [3.8, 4) is 5.75 Å². The zero-order chi connectivity index (χ0) is 23.8. The molecule has 3 aromatic carbocycles. The van der Waals surface area contributed by atoms with Crippen molar-refractivity contribution in [3.05, 3.63) is 108 Å². The van der Waals surface area contributed by atoms with Gasteiger partial charge in [-0.25, -0.2) is 0 Å². The summed E-state index contributed by atoms with van der Waals surface area (Å²) < 4.78 is 6.19. The summed E-state index contributed by atoms with van der Waals surface area (Å²) in [5.74, 6) is 1.33. The molecule has 1 amide bonds. The van der Waals surface area contributed by atoms with Gasteiger partial charge in [0, 0.05) is 18.3 Å². The molecule has 0 N–H and O–H groups in total. The van der Waals surface area contributed by atoms with E-state index in [0.29, 0.717) is 16.7 Å². The predicted molar refractivity (Wildman–Crippen MR) is 141 cm³/mol. The zero-order valence-electron chi connectivity index (χ0n) is 19.4.